The maximum Gasteiger partial charge on any atom is 0.0560 e. The van der Waals surface area contributed by atoms with E-state index in [9.17, 15) is 0 Å². The van der Waals surface area contributed by atoms with Gasteiger partial charge in [-0.1, -0.05) is 90.5 Å². The SMILES string of the molecule is CC1=CC(N(c2ccccc2)c2ccc(C3=CCC(N(c4ccccc4)c4cccc(C)c4)C=C3)cc2)=CCC1. The van der Waals surface area contributed by atoms with Crippen LogP contribution >= 0.6 is 0 Å². The quantitative estimate of drug-likeness (QED) is 0.239. The van der Waals surface area contributed by atoms with Crippen molar-refractivity contribution in [3.05, 3.63) is 162 Å². The molecule has 0 spiro atoms. The van der Waals surface area contributed by atoms with Crippen LogP contribution in [-0.2, 0) is 0 Å². The molecule has 0 amide bonds. The highest BCUT2D eigenvalue weighted by Crippen LogP contribution is 2.36. The van der Waals surface area contributed by atoms with E-state index in [1.54, 1.807) is 0 Å². The third kappa shape index (κ3) is 5.58. The first-order valence-electron chi connectivity index (χ1n) is 14.3. The summed E-state index contributed by atoms with van der Waals surface area (Å²) < 4.78 is 0. The molecule has 4 aromatic rings. The van der Waals surface area contributed by atoms with Gasteiger partial charge in [-0.3, -0.25) is 0 Å². The smallest absolute Gasteiger partial charge is 0.0560 e. The van der Waals surface area contributed by atoms with Crippen LogP contribution < -0.4 is 9.80 Å². The van der Waals surface area contributed by atoms with Gasteiger partial charge in [0, 0.05) is 28.4 Å². The van der Waals surface area contributed by atoms with E-state index >= 15 is 0 Å². The van der Waals surface area contributed by atoms with Crippen LogP contribution in [0.3, 0.4) is 0 Å². The van der Waals surface area contributed by atoms with Gasteiger partial charge in [-0.05, 0) is 104 Å². The Hall–Kier alpha value is -4.56. The van der Waals surface area contributed by atoms with Crippen LogP contribution in [0.2, 0.25) is 0 Å². The summed E-state index contributed by atoms with van der Waals surface area (Å²) in [6.45, 7) is 4.39. The van der Waals surface area contributed by atoms with E-state index in [1.165, 1.54) is 50.7 Å². The van der Waals surface area contributed by atoms with Gasteiger partial charge in [0.2, 0.25) is 0 Å². The van der Waals surface area contributed by atoms with Gasteiger partial charge in [0.1, 0.15) is 0 Å². The molecule has 40 heavy (non-hydrogen) atoms. The molecule has 0 heterocycles. The largest absolute Gasteiger partial charge is 0.334 e. The van der Waals surface area contributed by atoms with Gasteiger partial charge in [-0.25, -0.2) is 0 Å². The van der Waals surface area contributed by atoms with Gasteiger partial charge >= 0.3 is 0 Å². The first kappa shape index (κ1) is 25.7. The highest BCUT2D eigenvalue weighted by Gasteiger charge is 2.21. The summed E-state index contributed by atoms with van der Waals surface area (Å²) in [6.07, 6.45) is 14.9. The van der Waals surface area contributed by atoms with Crippen molar-refractivity contribution in [2.24, 2.45) is 0 Å². The zero-order valence-corrected chi connectivity index (χ0v) is 23.4. The van der Waals surface area contributed by atoms with Crippen LogP contribution in [0.4, 0.5) is 22.7 Å². The molecule has 4 aromatic carbocycles. The Labute approximate surface area is 238 Å². The molecule has 2 aliphatic carbocycles. The molecular weight excluding hydrogens is 484 g/mol. The molecule has 0 bridgehead atoms. The second-order valence-corrected chi connectivity index (χ2v) is 10.7. The molecule has 0 radical (unpaired) electrons. The van der Waals surface area contributed by atoms with Crippen LogP contribution in [0.25, 0.3) is 5.57 Å². The minimum Gasteiger partial charge on any atom is -0.334 e. The molecule has 0 fully saturated rings. The van der Waals surface area contributed by atoms with E-state index in [2.05, 4.69) is 163 Å². The fourth-order valence-corrected chi connectivity index (χ4v) is 5.73. The number of para-hydroxylation sites is 2. The Balaban J connectivity index is 1.26. The van der Waals surface area contributed by atoms with Gasteiger partial charge in [0.15, 0.2) is 0 Å². The molecule has 2 aliphatic rings. The number of nitrogens with zero attached hydrogens (tertiary/aromatic N) is 2. The van der Waals surface area contributed by atoms with Crippen molar-refractivity contribution in [3.8, 4) is 0 Å². The summed E-state index contributed by atoms with van der Waals surface area (Å²) >= 11 is 0. The van der Waals surface area contributed by atoms with Gasteiger partial charge in [-0.2, -0.15) is 0 Å². The summed E-state index contributed by atoms with van der Waals surface area (Å²) in [5.74, 6) is 0. The van der Waals surface area contributed by atoms with Gasteiger partial charge in [0.25, 0.3) is 0 Å². The van der Waals surface area contributed by atoms with Gasteiger partial charge < -0.3 is 9.80 Å². The average Bonchev–Trinajstić information content (AvgIpc) is 3.00. The molecule has 0 saturated carbocycles. The van der Waals surface area contributed by atoms with Gasteiger partial charge in [0.05, 0.1) is 6.04 Å². The topological polar surface area (TPSA) is 6.48 Å². The highest BCUT2D eigenvalue weighted by molar-refractivity contribution is 5.79. The van der Waals surface area contributed by atoms with Crippen LogP contribution in [0.15, 0.2) is 151 Å². The fraction of sp³-hybridized carbons (Fsp3) is 0.158. The van der Waals surface area contributed by atoms with Crippen LogP contribution in [0.1, 0.15) is 37.3 Å². The summed E-state index contributed by atoms with van der Waals surface area (Å²) in [5.41, 5.74) is 11.3. The van der Waals surface area contributed by atoms with Crippen LogP contribution in [0.5, 0.6) is 0 Å². The summed E-state index contributed by atoms with van der Waals surface area (Å²) in [6, 6.07) is 39.5. The average molecular weight is 521 g/mol. The van der Waals surface area contributed by atoms with Crippen molar-refractivity contribution in [3.63, 3.8) is 0 Å². The fourth-order valence-electron chi connectivity index (χ4n) is 5.73. The van der Waals surface area contributed by atoms with Crippen molar-refractivity contribution in [1.29, 1.82) is 0 Å². The molecule has 0 aromatic heterocycles. The molecule has 6 rings (SSSR count). The number of benzene rings is 4. The molecule has 0 N–H and O–H groups in total. The maximum absolute atomic E-state index is 2.45. The predicted octanol–water partition coefficient (Wildman–Crippen LogP) is 10.3. The van der Waals surface area contributed by atoms with Crippen molar-refractivity contribution >= 4 is 28.3 Å². The van der Waals surface area contributed by atoms with Crippen molar-refractivity contribution in [2.75, 3.05) is 9.80 Å². The Morgan fingerprint density at radius 1 is 0.650 bits per heavy atom. The highest BCUT2D eigenvalue weighted by atomic mass is 15.2. The minimum absolute atomic E-state index is 0.258. The van der Waals surface area contributed by atoms with E-state index in [0.717, 1.165) is 19.3 Å². The number of hydrogen-bond donors (Lipinski definition) is 0. The molecule has 1 unspecified atom stereocenters. The normalized spacial score (nSPS) is 16.6. The lowest BCUT2D eigenvalue weighted by Crippen LogP contribution is -2.30. The molecule has 2 heteroatoms. The number of aryl methyl sites for hydroxylation is 1. The van der Waals surface area contributed by atoms with Crippen LogP contribution in [0, 0.1) is 6.92 Å². The number of hydrogen-bond acceptors (Lipinski definition) is 2. The third-order valence-corrected chi connectivity index (χ3v) is 7.74. The van der Waals surface area contributed by atoms with Crippen LogP contribution in [-0.4, -0.2) is 6.04 Å². The summed E-state index contributed by atoms with van der Waals surface area (Å²) in [7, 11) is 0. The third-order valence-electron chi connectivity index (χ3n) is 7.74. The Kier molecular flexibility index (Phi) is 7.50. The predicted molar refractivity (Wildman–Crippen MR) is 171 cm³/mol. The summed E-state index contributed by atoms with van der Waals surface area (Å²) in [5, 5.41) is 0. The van der Waals surface area contributed by atoms with E-state index < -0.39 is 0 Å². The maximum atomic E-state index is 2.45. The number of allylic oxidation sites excluding steroid dienone is 5. The second-order valence-electron chi connectivity index (χ2n) is 10.7. The standard InChI is InChI=1S/C38H36N2/c1-29-11-9-17-37(27-29)39(33-13-5-3-6-14-33)35-23-19-31(20-24-35)32-21-25-36(26-22-32)40(34-15-7-4-8-16-34)38-18-10-12-30(2)28-38/h3-9,11,13-23,25-28,35H,10,12,24H2,1-2H3. The number of anilines is 4. The lowest BCUT2D eigenvalue weighted by atomic mass is 9.95. The van der Waals surface area contributed by atoms with E-state index in [0.29, 0.717) is 0 Å². The Morgan fingerprint density at radius 2 is 1.32 bits per heavy atom. The molecule has 198 valence electrons. The molecule has 2 nitrogen and oxygen atoms in total. The minimum atomic E-state index is 0.258. The lowest BCUT2D eigenvalue weighted by Gasteiger charge is -2.33. The molecule has 0 aliphatic heterocycles. The Bertz CT molecular complexity index is 1570. The second kappa shape index (κ2) is 11.7. The van der Waals surface area contributed by atoms with Gasteiger partial charge in [-0.15, -0.1) is 0 Å². The van der Waals surface area contributed by atoms with Crippen molar-refractivity contribution in [1.82, 2.24) is 0 Å². The van der Waals surface area contributed by atoms with Crippen molar-refractivity contribution < 1.29 is 0 Å². The summed E-state index contributed by atoms with van der Waals surface area (Å²) in [4.78, 5) is 4.82. The number of rotatable bonds is 7. The molecule has 0 saturated heterocycles. The van der Waals surface area contributed by atoms with E-state index in [4.69, 9.17) is 0 Å². The molecule has 1 atom stereocenters. The Morgan fingerprint density at radius 3 is 1.98 bits per heavy atom. The first-order valence-corrected chi connectivity index (χ1v) is 14.3. The van der Waals surface area contributed by atoms with E-state index in [1.807, 2.05) is 0 Å². The zero-order chi connectivity index (χ0) is 27.3. The monoisotopic (exact) mass is 520 g/mol. The zero-order valence-electron chi connectivity index (χ0n) is 23.4. The first-order chi connectivity index (χ1) is 19.7. The van der Waals surface area contributed by atoms with E-state index in [-0.39, 0.29) is 6.04 Å². The lowest BCUT2D eigenvalue weighted by molar-refractivity contribution is 0.787. The van der Waals surface area contributed by atoms with Crippen molar-refractivity contribution in [2.45, 2.75) is 39.2 Å². The molecular formula is C38H36N2.